The van der Waals surface area contributed by atoms with Crippen molar-refractivity contribution < 1.29 is 4.43 Å². The Morgan fingerprint density at radius 3 is 1.41 bits per heavy atom. The van der Waals surface area contributed by atoms with Crippen molar-refractivity contribution in [1.82, 2.24) is 0 Å². The van der Waals surface area contributed by atoms with Gasteiger partial charge in [0.15, 0.2) is 0 Å². The molecule has 0 saturated carbocycles. The first-order valence-corrected chi connectivity index (χ1v) is 20.0. The van der Waals surface area contributed by atoms with Gasteiger partial charge in [0.25, 0.3) is 0 Å². The molecule has 0 aliphatic rings. The Labute approximate surface area is 217 Å². The molecule has 0 aliphatic carbocycles. The number of unbranched alkanes of at least 4 members (excludes halogenated alkanes) is 3. The van der Waals surface area contributed by atoms with Crippen molar-refractivity contribution in [2.75, 3.05) is 12.8 Å². The number of benzene rings is 3. The zero-order chi connectivity index (χ0) is 24.7. The van der Waals surface area contributed by atoms with Gasteiger partial charge < -0.3 is 0 Å². The molecule has 0 spiro atoms. The molecule has 0 unspecified atom stereocenters. The van der Waals surface area contributed by atoms with Crippen molar-refractivity contribution in [3.05, 3.63) is 91.0 Å². The second kappa shape index (κ2) is 11.2. The van der Waals surface area contributed by atoms with Crippen LogP contribution in [0.4, 0.5) is 0 Å². The van der Waals surface area contributed by atoms with Crippen LogP contribution in [-0.4, -0.2) is 21.1 Å². The van der Waals surface area contributed by atoms with Crippen LogP contribution in [-0.2, 0) is 4.43 Å². The number of rotatable bonds is 11. The van der Waals surface area contributed by atoms with E-state index in [-0.39, 0.29) is 5.04 Å². The standard InChI is InChI=1S/C30H42BrOPSi/c1-30(2,3)34(4,5)32-25-17-6-7-18-26-33(31,27-19-11-8-12-20-27,28-21-13-9-14-22-28)29-23-15-10-16-24-29/h8-16,19-24H,6-7,17-18,25-26H2,1-5H3. The SMILES string of the molecule is CC(C)(C)[Si](C)(C)OCCCCCCP(Br)(c1ccccc1)(c1ccccc1)c1ccccc1. The Kier molecular flexibility index (Phi) is 9.01. The molecule has 3 rings (SSSR count). The fraction of sp³-hybridized carbons (Fsp3) is 0.400. The van der Waals surface area contributed by atoms with Crippen LogP contribution in [0.1, 0.15) is 46.5 Å². The van der Waals surface area contributed by atoms with E-state index in [4.69, 9.17) is 4.43 Å². The van der Waals surface area contributed by atoms with Crippen LogP contribution in [0.2, 0.25) is 18.1 Å². The Hall–Kier alpha value is -1.25. The molecule has 1 nitrogen and oxygen atoms in total. The molecule has 4 heteroatoms. The van der Waals surface area contributed by atoms with Crippen molar-refractivity contribution in [2.45, 2.75) is 64.6 Å². The molecule has 0 atom stereocenters. The third-order valence-electron chi connectivity index (χ3n) is 7.63. The summed E-state index contributed by atoms with van der Waals surface area (Å²) >= 11 is 4.56. The third-order valence-corrected chi connectivity index (χ3v) is 22.2. The predicted octanol–water partition coefficient (Wildman–Crippen LogP) is 8.41. The molecular formula is C30H42BrOPSi. The fourth-order valence-corrected chi connectivity index (χ4v) is 13.3. The Bertz CT molecular complexity index is 917. The summed E-state index contributed by atoms with van der Waals surface area (Å²) in [5.74, 6) is 0. The van der Waals surface area contributed by atoms with E-state index in [1.807, 2.05) is 0 Å². The molecule has 34 heavy (non-hydrogen) atoms. The zero-order valence-electron chi connectivity index (χ0n) is 21.6. The molecule has 0 heterocycles. The van der Waals surface area contributed by atoms with Gasteiger partial charge in [-0.25, -0.2) is 0 Å². The first kappa shape index (κ1) is 27.3. The van der Waals surface area contributed by atoms with Crippen LogP contribution in [0.15, 0.2) is 91.0 Å². The summed E-state index contributed by atoms with van der Waals surface area (Å²) in [6.07, 6.45) is 5.88. The summed E-state index contributed by atoms with van der Waals surface area (Å²) in [4.78, 5) is 0. The van der Waals surface area contributed by atoms with E-state index in [1.165, 1.54) is 35.2 Å². The van der Waals surface area contributed by atoms with E-state index >= 15 is 0 Å². The minimum absolute atomic E-state index is 0.279. The Morgan fingerprint density at radius 1 is 0.647 bits per heavy atom. The summed E-state index contributed by atoms with van der Waals surface area (Å²) in [7, 11) is -1.65. The topological polar surface area (TPSA) is 9.23 Å². The molecule has 0 N–H and O–H groups in total. The maximum atomic E-state index is 6.41. The quantitative estimate of drug-likeness (QED) is 0.131. The van der Waals surface area contributed by atoms with Gasteiger partial charge in [-0.05, 0) is 0 Å². The van der Waals surface area contributed by atoms with Gasteiger partial charge in [-0.3, -0.25) is 0 Å². The molecule has 0 fully saturated rings. The van der Waals surface area contributed by atoms with Gasteiger partial charge >= 0.3 is 218 Å². The first-order valence-electron chi connectivity index (χ1n) is 12.6. The number of hydrogen-bond donors (Lipinski definition) is 0. The molecule has 0 bridgehead atoms. The predicted molar refractivity (Wildman–Crippen MR) is 161 cm³/mol. The van der Waals surface area contributed by atoms with Crippen LogP contribution in [0.5, 0.6) is 0 Å². The van der Waals surface area contributed by atoms with Gasteiger partial charge in [-0.15, -0.1) is 0 Å². The van der Waals surface area contributed by atoms with Crippen molar-refractivity contribution in [3.8, 4) is 0 Å². The maximum absolute atomic E-state index is 6.41. The van der Waals surface area contributed by atoms with Gasteiger partial charge in [-0.1, -0.05) is 0 Å². The van der Waals surface area contributed by atoms with Crippen LogP contribution < -0.4 is 15.9 Å². The van der Waals surface area contributed by atoms with Crippen molar-refractivity contribution >= 4 is 45.0 Å². The van der Waals surface area contributed by atoms with E-state index in [2.05, 4.69) is 140 Å². The first-order chi connectivity index (χ1) is 16.1. The molecule has 184 valence electrons. The van der Waals surface area contributed by atoms with Gasteiger partial charge in [0, 0.05) is 0 Å². The zero-order valence-corrected chi connectivity index (χ0v) is 25.1. The monoisotopic (exact) mass is 556 g/mol. The minimum atomic E-state index is -2.77. The molecule has 0 aliphatic heterocycles. The second-order valence-electron chi connectivity index (χ2n) is 10.9. The third kappa shape index (κ3) is 5.76. The summed E-state index contributed by atoms with van der Waals surface area (Å²) in [5.41, 5.74) is 0. The van der Waals surface area contributed by atoms with Gasteiger partial charge in [0.1, 0.15) is 0 Å². The molecule has 0 amide bonds. The average Bonchev–Trinajstić information content (AvgIpc) is 2.84. The number of hydrogen-bond acceptors (Lipinski definition) is 1. The Morgan fingerprint density at radius 2 is 1.03 bits per heavy atom. The van der Waals surface area contributed by atoms with Crippen molar-refractivity contribution in [2.24, 2.45) is 0 Å². The van der Waals surface area contributed by atoms with Gasteiger partial charge in [0.05, 0.1) is 0 Å². The summed E-state index contributed by atoms with van der Waals surface area (Å²) < 4.78 is 6.41. The fourth-order valence-electron chi connectivity index (χ4n) is 4.46. The van der Waals surface area contributed by atoms with E-state index in [1.54, 1.807) is 0 Å². The normalized spacial score (nSPS) is 13.9. The molecular weight excluding hydrogens is 515 g/mol. The van der Waals surface area contributed by atoms with Crippen LogP contribution in [0.25, 0.3) is 0 Å². The van der Waals surface area contributed by atoms with Crippen LogP contribution >= 0.6 is 20.8 Å². The van der Waals surface area contributed by atoms with E-state index in [0.717, 1.165) is 19.2 Å². The number of halogens is 1. The van der Waals surface area contributed by atoms with Crippen molar-refractivity contribution in [3.63, 3.8) is 0 Å². The molecule has 0 aromatic heterocycles. The molecule has 0 saturated heterocycles. The molecule has 3 aromatic rings. The molecule has 0 radical (unpaired) electrons. The van der Waals surface area contributed by atoms with Crippen LogP contribution in [0, 0.1) is 0 Å². The van der Waals surface area contributed by atoms with Crippen molar-refractivity contribution in [1.29, 1.82) is 0 Å². The van der Waals surface area contributed by atoms with E-state index < -0.39 is 13.6 Å². The Balaban J connectivity index is 1.80. The molecule has 3 aromatic carbocycles. The summed E-state index contributed by atoms with van der Waals surface area (Å²) in [5, 5.41) is 1.73. The van der Waals surface area contributed by atoms with Gasteiger partial charge in [0.2, 0.25) is 0 Å². The second-order valence-corrected chi connectivity index (χ2v) is 24.8. The average molecular weight is 558 g/mol. The van der Waals surface area contributed by atoms with E-state index in [0.29, 0.717) is 0 Å². The van der Waals surface area contributed by atoms with Gasteiger partial charge in [-0.2, -0.15) is 0 Å². The van der Waals surface area contributed by atoms with Crippen LogP contribution in [0.3, 0.4) is 0 Å². The van der Waals surface area contributed by atoms with E-state index in [9.17, 15) is 0 Å². The summed E-state index contributed by atoms with van der Waals surface area (Å²) in [6.45, 7) is 12.5. The summed E-state index contributed by atoms with van der Waals surface area (Å²) in [6, 6.07) is 33.4.